The van der Waals surface area contributed by atoms with Crippen molar-refractivity contribution >= 4 is 23.2 Å². The second-order valence-corrected chi connectivity index (χ2v) is 5.61. The third-order valence-corrected chi connectivity index (χ3v) is 3.84. The van der Waals surface area contributed by atoms with Gasteiger partial charge in [0.05, 0.1) is 6.54 Å². The van der Waals surface area contributed by atoms with Crippen molar-refractivity contribution < 1.29 is 4.79 Å². The van der Waals surface area contributed by atoms with Gasteiger partial charge in [-0.25, -0.2) is 0 Å². The fourth-order valence-electron chi connectivity index (χ4n) is 2.47. The van der Waals surface area contributed by atoms with Gasteiger partial charge in [-0.2, -0.15) is 0 Å². The Morgan fingerprint density at radius 3 is 2.80 bits per heavy atom. The molecule has 1 unspecified atom stereocenters. The standard InChI is InChI=1S/C15H22ClN3O/c1-2-19(10-14-4-3-9-17-14)11-15(20)18-13-7-5-12(16)6-8-13/h5-8,14,17H,2-4,9-11H2,1H3,(H,18,20). The molecule has 1 aromatic rings. The highest BCUT2D eigenvalue weighted by atomic mass is 35.5. The van der Waals surface area contributed by atoms with E-state index in [1.54, 1.807) is 12.1 Å². The van der Waals surface area contributed by atoms with E-state index in [4.69, 9.17) is 11.6 Å². The number of nitrogens with zero attached hydrogens (tertiary/aromatic N) is 1. The Kier molecular flexibility index (Phi) is 5.83. The summed E-state index contributed by atoms with van der Waals surface area (Å²) in [5, 5.41) is 7.03. The molecule has 20 heavy (non-hydrogen) atoms. The SMILES string of the molecule is CCN(CC(=O)Nc1ccc(Cl)cc1)CC1CCCN1. The summed E-state index contributed by atoms with van der Waals surface area (Å²) in [5.74, 6) is 0.0205. The first-order chi connectivity index (χ1) is 9.67. The topological polar surface area (TPSA) is 44.4 Å². The predicted molar refractivity (Wildman–Crippen MR) is 83.2 cm³/mol. The Morgan fingerprint density at radius 1 is 1.45 bits per heavy atom. The zero-order valence-electron chi connectivity index (χ0n) is 11.9. The van der Waals surface area contributed by atoms with Crippen molar-refractivity contribution in [2.45, 2.75) is 25.8 Å². The molecule has 110 valence electrons. The molecule has 5 heteroatoms. The summed E-state index contributed by atoms with van der Waals surface area (Å²) >= 11 is 5.82. The summed E-state index contributed by atoms with van der Waals surface area (Å²) in [5.41, 5.74) is 0.787. The highest BCUT2D eigenvalue weighted by Gasteiger charge is 2.18. The molecule has 1 heterocycles. The van der Waals surface area contributed by atoms with Crippen LogP contribution in [-0.4, -0.2) is 43.0 Å². The molecule has 0 aliphatic carbocycles. The Balaban J connectivity index is 1.80. The van der Waals surface area contributed by atoms with E-state index in [0.29, 0.717) is 17.6 Å². The molecule has 0 aromatic heterocycles. The van der Waals surface area contributed by atoms with E-state index in [9.17, 15) is 4.79 Å². The van der Waals surface area contributed by atoms with Crippen LogP contribution in [0.25, 0.3) is 0 Å². The fraction of sp³-hybridized carbons (Fsp3) is 0.533. The van der Waals surface area contributed by atoms with E-state index in [2.05, 4.69) is 22.5 Å². The number of rotatable bonds is 6. The molecule has 1 saturated heterocycles. The molecule has 0 radical (unpaired) electrons. The molecule has 2 rings (SSSR count). The quantitative estimate of drug-likeness (QED) is 0.847. The van der Waals surface area contributed by atoms with Gasteiger partial charge in [0.25, 0.3) is 0 Å². The van der Waals surface area contributed by atoms with Crippen LogP contribution in [0.3, 0.4) is 0 Å². The molecule has 0 bridgehead atoms. The number of carbonyl (C=O) groups excluding carboxylic acids is 1. The summed E-state index contributed by atoms with van der Waals surface area (Å²) in [6, 6.07) is 7.71. The number of amides is 1. The zero-order chi connectivity index (χ0) is 14.4. The number of hydrogen-bond donors (Lipinski definition) is 2. The largest absolute Gasteiger partial charge is 0.325 e. The molecule has 0 spiro atoms. The molecule has 1 amide bonds. The molecular weight excluding hydrogens is 274 g/mol. The highest BCUT2D eigenvalue weighted by molar-refractivity contribution is 6.30. The molecule has 1 aliphatic rings. The van der Waals surface area contributed by atoms with E-state index in [1.807, 2.05) is 12.1 Å². The van der Waals surface area contributed by atoms with E-state index in [1.165, 1.54) is 12.8 Å². The average molecular weight is 296 g/mol. The number of anilines is 1. The van der Waals surface area contributed by atoms with Gasteiger partial charge in [0.15, 0.2) is 0 Å². The minimum absolute atomic E-state index is 0.0205. The molecule has 1 aliphatic heterocycles. The van der Waals surface area contributed by atoms with Crippen molar-refractivity contribution in [2.24, 2.45) is 0 Å². The third kappa shape index (κ3) is 4.78. The summed E-state index contributed by atoms with van der Waals surface area (Å²) in [7, 11) is 0. The van der Waals surface area contributed by atoms with Gasteiger partial charge >= 0.3 is 0 Å². The highest BCUT2D eigenvalue weighted by Crippen LogP contribution is 2.13. The summed E-state index contributed by atoms with van der Waals surface area (Å²) in [6.45, 7) is 5.43. The van der Waals surface area contributed by atoms with Gasteiger partial charge in [0, 0.05) is 23.3 Å². The van der Waals surface area contributed by atoms with Crippen LogP contribution in [0.4, 0.5) is 5.69 Å². The maximum Gasteiger partial charge on any atom is 0.238 e. The summed E-state index contributed by atoms with van der Waals surface area (Å²) in [4.78, 5) is 14.2. The van der Waals surface area contributed by atoms with Crippen molar-refractivity contribution in [1.82, 2.24) is 10.2 Å². The molecule has 0 saturated carbocycles. The normalized spacial score (nSPS) is 18.4. The van der Waals surface area contributed by atoms with E-state index in [-0.39, 0.29) is 5.91 Å². The number of nitrogens with one attached hydrogen (secondary N) is 2. The van der Waals surface area contributed by atoms with Crippen molar-refractivity contribution in [3.05, 3.63) is 29.3 Å². The number of carbonyl (C=O) groups is 1. The third-order valence-electron chi connectivity index (χ3n) is 3.58. The number of hydrogen-bond acceptors (Lipinski definition) is 3. The zero-order valence-corrected chi connectivity index (χ0v) is 12.6. The average Bonchev–Trinajstić information content (AvgIpc) is 2.93. The van der Waals surface area contributed by atoms with E-state index >= 15 is 0 Å². The Hall–Kier alpha value is -1.10. The smallest absolute Gasteiger partial charge is 0.238 e. The van der Waals surface area contributed by atoms with Crippen molar-refractivity contribution in [1.29, 1.82) is 0 Å². The second-order valence-electron chi connectivity index (χ2n) is 5.18. The maximum atomic E-state index is 12.0. The van der Waals surface area contributed by atoms with Gasteiger partial charge in [0.1, 0.15) is 0 Å². The number of likely N-dealkylation sites (N-methyl/N-ethyl adjacent to an activating group) is 1. The van der Waals surface area contributed by atoms with Gasteiger partial charge < -0.3 is 10.6 Å². The van der Waals surface area contributed by atoms with Crippen molar-refractivity contribution in [3.63, 3.8) is 0 Å². The number of benzene rings is 1. The lowest BCUT2D eigenvalue weighted by Crippen LogP contribution is -2.41. The van der Waals surface area contributed by atoms with Gasteiger partial charge in [-0.05, 0) is 50.2 Å². The Morgan fingerprint density at radius 2 is 2.20 bits per heavy atom. The van der Waals surface area contributed by atoms with Crippen LogP contribution >= 0.6 is 11.6 Å². The minimum Gasteiger partial charge on any atom is -0.325 e. The van der Waals surface area contributed by atoms with Gasteiger partial charge in [-0.15, -0.1) is 0 Å². The molecule has 2 N–H and O–H groups in total. The monoisotopic (exact) mass is 295 g/mol. The van der Waals surface area contributed by atoms with Crippen LogP contribution < -0.4 is 10.6 Å². The van der Waals surface area contributed by atoms with Crippen LogP contribution in [0.5, 0.6) is 0 Å². The van der Waals surface area contributed by atoms with Gasteiger partial charge in [-0.1, -0.05) is 18.5 Å². The van der Waals surface area contributed by atoms with Crippen LogP contribution in [0.1, 0.15) is 19.8 Å². The number of halogens is 1. The fourth-order valence-corrected chi connectivity index (χ4v) is 2.59. The van der Waals surface area contributed by atoms with Crippen molar-refractivity contribution in [3.8, 4) is 0 Å². The molecule has 1 atom stereocenters. The first kappa shape index (κ1) is 15.3. The molecular formula is C15H22ClN3O. The van der Waals surface area contributed by atoms with E-state index in [0.717, 1.165) is 25.3 Å². The summed E-state index contributed by atoms with van der Waals surface area (Å²) in [6.07, 6.45) is 2.44. The Labute approximate surface area is 125 Å². The second kappa shape index (κ2) is 7.62. The van der Waals surface area contributed by atoms with Gasteiger partial charge in [0.2, 0.25) is 5.91 Å². The predicted octanol–water partition coefficient (Wildman–Crippen LogP) is 2.35. The summed E-state index contributed by atoms with van der Waals surface area (Å²) < 4.78 is 0. The minimum atomic E-state index is 0.0205. The Bertz CT molecular complexity index is 429. The molecule has 4 nitrogen and oxygen atoms in total. The first-order valence-corrected chi connectivity index (χ1v) is 7.56. The van der Waals surface area contributed by atoms with Gasteiger partial charge in [-0.3, -0.25) is 9.69 Å². The van der Waals surface area contributed by atoms with Crippen LogP contribution in [0.15, 0.2) is 24.3 Å². The first-order valence-electron chi connectivity index (χ1n) is 7.18. The molecule has 1 aromatic carbocycles. The molecule has 1 fully saturated rings. The lowest BCUT2D eigenvalue weighted by atomic mass is 10.2. The maximum absolute atomic E-state index is 12.0. The van der Waals surface area contributed by atoms with Crippen molar-refractivity contribution in [2.75, 3.05) is 31.5 Å². The van der Waals surface area contributed by atoms with E-state index < -0.39 is 0 Å². The van der Waals surface area contributed by atoms with Crippen LogP contribution in [0.2, 0.25) is 5.02 Å². The van der Waals surface area contributed by atoms with Crippen LogP contribution in [0, 0.1) is 0 Å². The lowest BCUT2D eigenvalue weighted by molar-refractivity contribution is -0.117. The lowest BCUT2D eigenvalue weighted by Gasteiger charge is -2.23. The van der Waals surface area contributed by atoms with Crippen LogP contribution in [-0.2, 0) is 4.79 Å².